The van der Waals surface area contributed by atoms with Crippen molar-refractivity contribution in [2.45, 2.75) is 25.4 Å². The average Bonchev–Trinajstić information content (AvgIpc) is 2.58. The van der Waals surface area contributed by atoms with Crippen LogP contribution in [0.3, 0.4) is 0 Å². The Morgan fingerprint density at radius 2 is 2.19 bits per heavy atom. The van der Waals surface area contributed by atoms with Crippen molar-refractivity contribution < 1.29 is 4.92 Å². The smallest absolute Gasteiger partial charge is 0.305 e. The third-order valence-electron chi connectivity index (χ3n) is 2.70. The molecule has 7 heteroatoms. The summed E-state index contributed by atoms with van der Waals surface area (Å²) in [5, 5.41) is 10.4. The van der Waals surface area contributed by atoms with E-state index in [2.05, 4.69) is 9.97 Å². The molecule has 16 heavy (non-hydrogen) atoms. The molecule has 1 aromatic rings. The van der Waals surface area contributed by atoms with Crippen LogP contribution in [0.25, 0.3) is 0 Å². The van der Waals surface area contributed by atoms with Gasteiger partial charge in [-0.25, -0.2) is 9.97 Å². The number of rotatable bonds is 2. The fourth-order valence-electron chi connectivity index (χ4n) is 1.91. The molecule has 2 heterocycles. The molecule has 1 aromatic heterocycles. The van der Waals surface area contributed by atoms with Crippen molar-refractivity contribution in [1.82, 2.24) is 9.97 Å². The minimum absolute atomic E-state index is 0.0973. The Bertz CT molecular complexity index is 393. The third-order valence-corrected chi connectivity index (χ3v) is 2.70. The maximum atomic E-state index is 10.4. The second kappa shape index (κ2) is 4.01. The molecule has 0 radical (unpaired) electrons. The Hall–Kier alpha value is -1.76. The molecule has 1 aliphatic rings. The van der Waals surface area contributed by atoms with Gasteiger partial charge in [-0.2, -0.15) is 0 Å². The Kier molecular flexibility index (Phi) is 2.69. The number of nitrogens with zero attached hydrogens (tertiary/aromatic N) is 4. The number of aromatic nitrogens is 2. The Morgan fingerprint density at radius 1 is 1.56 bits per heavy atom. The molecule has 1 fully saturated rings. The summed E-state index contributed by atoms with van der Waals surface area (Å²) in [6, 6.07) is 0.394. The number of nitrogens with two attached hydrogens (primary N) is 1. The van der Waals surface area contributed by atoms with Gasteiger partial charge in [0.2, 0.25) is 5.95 Å². The highest BCUT2D eigenvalue weighted by Crippen LogP contribution is 2.21. The van der Waals surface area contributed by atoms with Gasteiger partial charge in [-0.3, -0.25) is 10.1 Å². The minimum atomic E-state index is -0.511. The van der Waals surface area contributed by atoms with Crippen molar-refractivity contribution in [3.63, 3.8) is 0 Å². The summed E-state index contributed by atoms with van der Waals surface area (Å²) >= 11 is 0. The van der Waals surface area contributed by atoms with Gasteiger partial charge in [0, 0.05) is 18.6 Å². The van der Waals surface area contributed by atoms with E-state index >= 15 is 0 Å². The van der Waals surface area contributed by atoms with Crippen LogP contribution < -0.4 is 10.6 Å². The first-order valence-corrected chi connectivity index (χ1v) is 5.06. The van der Waals surface area contributed by atoms with E-state index < -0.39 is 4.92 Å². The van der Waals surface area contributed by atoms with Gasteiger partial charge in [-0.05, 0) is 13.3 Å². The quantitative estimate of drug-likeness (QED) is 0.572. The highest BCUT2D eigenvalue weighted by Gasteiger charge is 2.28. The van der Waals surface area contributed by atoms with E-state index in [9.17, 15) is 10.1 Å². The average molecular weight is 223 g/mol. The van der Waals surface area contributed by atoms with E-state index in [0.29, 0.717) is 12.5 Å². The summed E-state index contributed by atoms with van der Waals surface area (Å²) in [6.45, 7) is 2.73. The van der Waals surface area contributed by atoms with Gasteiger partial charge in [0.1, 0.15) is 12.4 Å². The fourth-order valence-corrected chi connectivity index (χ4v) is 1.91. The van der Waals surface area contributed by atoms with Crippen molar-refractivity contribution in [3.8, 4) is 0 Å². The lowest BCUT2D eigenvalue weighted by Crippen LogP contribution is -2.30. The molecule has 0 amide bonds. The van der Waals surface area contributed by atoms with E-state index in [1.165, 1.54) is 12.4 Å². The monoisotopic (exact) mass is 223 g/mol. The van der Waals surface area contributed by atoms with Crippen LogP contribution in [0.2, 0.25) is 0 Å². The standard InChI is InChI=1S/C9H13N5O2/c1-6-2-7(10)5-13(6)9-11-3-8(4-12-9)14(15)16/h3-4,6-7H,2,5,10H2,1H3. The molecule has 1 aliphatic heterocycles. The molecule has 1 saturated heterocycles. The predicted octanol–water partition coefficient (Wildman–Crippen LogP) is 0.311. The molecule has 2 atom stereocenters. The van der Waals surface area contributed by atoms with Crippen molar-refractivity contribution >= 4 is 11.6 Å². The van der Waals surface area contributed by atoms with Crippen LogP contribution in [0.1, 0.15) is 13.3 Å². The molecule has 7 nitrogen and oxygen atoms in total. The lowest BCUT2D eigenvalue weighted by Gasteiger charge is -2.20. The lowest BCUT2D eigenvalue weighted by atomic mass is 10.2. The Labute approximate surface area is 92.4 Å². The summed E-state index contributed by atoms with van der Waals surface area (Å²) in [6.07, 6.45) is 3.33. The molecule has 2 N–H and O–H groups in total. The van der Waals surface area contributed by atoms with Gasteiger partial charge in [-0.15, -0.1) is 0 Å². The van der Waals surface area contributed by atoms with Crippen LogP contribution in [-0.2, 0) is 0 Å². The first-order chi connectivity index (χ1) is 7.58. The molecule has 0 aromatic carbocycles. The molecular formula is C9H13N5O2. The molecule has 2 unspecified atom stereocenters. The first kappa shape index (κ1) is 10.7. The second-order valence-corrected chi connectivity index (χ2v) is 4.00. The SMILES string of the molecule is CC1CC(N)CN1c1ncc([N+](=O)[O-])cn1. The third kappa shape index (κ3) is 1.94. The van der Waals surface area contributed by atoms with E-state index in [1.54, 1.807) is 0 Å². The normalized spacial score (nSPS) is 24.8. The summed E-state index contributed by atoms with van der Waals surface area (Å²) in [4.78, 5) is 19.9. The Morgan fingerprint density at radius 3 is 2.62 bits per heavy atom. The van der Waals surface area contributed by atoms with Crippen LogP contribution in [0.5, 0.6) is 0 Å². The number of hydrogen-bond donors (Lipinski definition) is 1. The molecule has 0 bridgehead atoms. The van der Waals surface area contributed by atoms with Crippen molar-refractivity contribution in [2.75, 3.05) is 11.4 Å². The van der Waals surface area contributed by atoms with E-state index in [0.717, 1.165) is 6.42 Å². The molecule has 86 valence electrons. The minimum Gasteiger partial charge on any atom is -0.337 e. The number of hydrogen-bond acceptors (Lipinski definition) is 6. The topological polar surface area (TPSA) is 98.2 Å². The summed E-state index contributed by atoms with van der Waals surface area (Å²) in [5.74, 6) is 0.506. The largest absolute Gasteiger partial charge is 0.337 e. The fraction of sp³-hybridized carbons (Fsp3) is 0.556. The van der Waals surface area contributed by atoms with Gasteiger partial charge >= 0.3 is 5.69 Å². The maximum Gasteiger partial charge on any atom is 0.305 e. The summed E-state index contributed by atoms with van der Waals surface area (Å²) in [7, 11) is 0. The highest BCUT2D eigenvalue weighted by molar-refractivity contribution is 5.37. The molecule has 0 saturated carbocycles. The van der Waals surface area contributed by atoms with Gasteiger partial charge < -0.3 is 10.6 Å². The Balaban J connectivity index is 2.19. The molecule has 0 spiro atoms. The van der Waals surface area contributed by atoms with Crippen molar-refractivity contribution in [1.29, 1.82) is 0 Å². The number of anilines is 1. The molecule has 2 rings (SSSR count). The van der Waals surface area contributed by atoms with Crippen LogP contribution in [0.15, 0.2) is 12.4 Å². The summed E-state index contributed by atoms with van der Waals surface area (Å²) in [5.41, 5.74) is 5.73. The van der Waals surface area contributed by atoms with Crippen LogP contribution in [0.4, 0.5) is 11.6 Å². The zero-order valence-electron chi connectivity index (χ0n) is 8.91. The van der Waals surface area contributed by atoms with E-state index in [4.69, 9.17) is 5.73 Å². The lowest BCUT2D eigenvalue weighted by molar-refractivity contribution is -0.385. The maximum absolute atomic E-state index is 10.4. The zero-order chi connectivity index (χ0) is 11.7. The van der Waals surface area contributed by atoms with Gasteiger partial charge in [0.05, 0.1) is 4.92 Å². The zero-order valence-corrected chi connectivity index (χ0v) is 8.91. The second-order valence-electron chi connectivity index (χ2n) is 4.00. The van der Waals surface area contributed by atoms with Crippen molar-refractivity contribution in [2.24, 2.45) is 5.73 Å². The summed E-state index contributed by atoms with van der Waals surface area (Å²) < 4.78 is 0. The molecular weight excluding hydrogens is 210 g/mol. The van der Waals surface area contributed by atoms with Gasteiger partial charge in [0.25, 0.3) is 0 Å². The first-order valence-electron chi connectivity index (χ1n) is 5.06. The van der Waals surface area contributed by atoms with Crippen LogP contribution in [0, 0.1) is 10.1 Å². The van der Waals surface area contributed by atoms with E-state index in [1.807, 2.05) is 11.8 Å². The van der Waals surface area contributed by atoms with Gasteiger partial charge in [0.15, 0.2) is 0 Å². The van der Waals surface area contributed by atoms with Gasteiger partial charge in [-0.1, -0.05) is 0 Å². The highest BCUT2D eigenvalue weighted by atomic mass is 16.6. The van der Waals surface area contributed by atoms with Crippen LogP contribution in [-0.4, -0.2) is 33.5 Å². The van der Waals surface area contributed by atoms with E-state index in [-0.39, 0.29) is 17.8 Å². The predicted molar refractivity (Wildman–Crippen MR) is 58.1 cm³/mol. The molecule has 0 aliphatic carbocycles. The van der Waals surface area contributed by atoms with Crippen LogP contribution >= 0.6 is 0 Å². The number of nitro groups is 1. The van der Waals surface area contributed by atoms with Crippen molar-refractivity contribution in [3.05, 3.63) is 22.5 Å².